The predicted octanol–water partition coefficient (Wildman–Crippen LogP) is 4.67. The number of allylic oxidation sites excluding steroid dienone is 1. The molecule has 0 spiro atoms. The van der Waals surface area contributed by atoms with Crippen molar-refractivity contribution in [1.29, 1.82) is 5.26 Å². The Hall–Kier alpha value is -2.84. The molecule has 0 fully saturated rings. The molecule has 0 aliphatic heterocycles. The molecule has 0 aliphatic rings. The lowest BCUT2D eigenvalue weighted by Gasteiger charge is -2.11. The molecule has 1 atom stereocenters. The van der Waals surface area contributed by atoms with Crippen molar-refractivity contribution < 1.29 is 0 Å². The van der Waals surface area contributed by atoms with Gasteiger partial charge in [0, 0.05) is 12.1 Å². The van der Waals surface area contributed by atoms with Gasteiger partial charge < -0.3 is 0 Å². The molecule has 0 amide bonds. The van der Waals surface area contributed by atoms with Crippen LogP contribution in [0.2, 0.25) is 0 Å². The average Bonchev–Trinajstić information content (AvgIpc) is 3.06. The summed E-state index contributed by atoms with van der Waals surface area (Å²) >= 11 is 1.45. The van der Waals surface area contributed by atoms with Crippen molar-refractivity contribution >= 4 is 11.8 Å². The van der Waals surface area contributed by atoms with Crippen molar-refractivity contribution in [2.45, 2.75) is 30.3 Å². The van der Waals surface area contributed by atoms with Crippen molar-refractivity contribution in [2.24, 2.45) is 0 Å². The van der Waals surface area contributed by atoms with Crippen molar-refractivity contribution in [1.82, 2.24) is 14.8 Å². The summed E-state index contributed by atoms with van der Waals surface area (Å²) in [6.45, 7) is 6.49. The van der Waals surface area contributed by atoms with Crippen LogP contribution in [0.5, 0.6) is 0 Å². The summed E-state index contributed by atoms with van der Waals surface area (Å²) in [6.07, 6.45) is 2.49. The van der Waals surface area contributed by atoms with Gasteiger partial charge in [0.05, 0.1) is 6.07 Å². The normalized spacial score (nSPS) is 11.7. The maximum atomic E-state index is 9.60. The number of nitrogens with zero attached hydrogens (tertiary/aromatic N) is 4. The first kappa shape index (κ1) is 18.0. The molecule has 130 valence electrons. The first-order valence-electron chi connectivity index (χ1n) is 8.42. The Bertz CT molecular complexity index is 907. The van der Waals surface area contributed by atoms with Crippen LogP contribution in [-0.2, 0) is 13.0 Å². The monoisotopic (exact) mass is 360 g/mol. The Morgan fingerprint density at radius 3 is 2.54 bits per heavy atom. The van der Waals surface area contributed by atoms with E-state index in [1.165, 1.54) is 17.3 Å². The standard InChI is InChI=1S/C21H20N4S/c1-3-13-25-20(18-7-5-4-6-8-18)23-24-21(25)26-19(15-22)14-17-11-9-16(2)10-12-17/h3-12,19H,1,13-14H2,2H3/t19-/m0/s1. The molecule has 4 nitrogen and oxygen atoms in total. The molecule has 0 radical (unpaired) electrons. The molecule has 3 aromatic rings. The first-order valence-corrected chi connectivity index (χ1v) is 9.30. The lowest BCUT2D eigenvalue weighted by Crippen LogP contribution is -2.07. The molecule has 5 heteroatoms. The van der Waals surface area contributed by atoms with Crippen LogP contribution in [0.1, 0.15) is 11.1 Å². The van der Waals surface area contributed by atoms with Crippen LogP contribution in [0.4, 0.5) is 0 Å². The molecule has 0 N–H and O–H groups in total. The minimum absolute atomic E-state index is 0.228. The largest absolute Gasteiger partial charge is 0.298 e. The lowest BCUT2D eigenvalue weighted by molar-refractivity contribution is 0.729. The van der Waals surface area contributed by atoms with Crippen LogP contribution >= 0.6 is 11.8 Å². The van der Waals surface area contributed by atoms with Gasteiger partial charge in [0.15, 0.2) is 11.0 Å². The highest BCUT2D eigenvalue weighted by molar-refractivity contribution is 8.00. The van der Waals surface area contributed by atoms with E-state index >= 15 is 0 Å². The van der Waals surface area contributed by atoms with Crippen molar-refractivity contribution in [3.63, 3.8) is 0 Å². The van der Waals surface area contributed by atoms with Crippen molar-refractivity contribution in [2.75, 3.05) is 0 Å². The fraction of sp³-hybridized carbons (Fsp3) is 0.190. The van der Waals surface area contributed by atoms with Crippen LogP contribution in [-0.4, -0.2) is 20.0 Å². The first-order chi connectivity index (χ1) is 12.7. The molecule has 0 aliphatic carbocycles. The number of aryl methyl sites for hydroxylation is 1. The van der Waals surface area contributed by atoms with Gasteiger partial charge in [-0.1, -0.05) is 78.0 Å². The summed E-state index contributed by atoms with van der Waals surface area (Å²) in [5.74, 6) is 0.792. The third-order valence-corrected chi connectivity index (χ3v) is 5.06. The third-order valence-electron chi connectivity index (χ3n) is 3.99. The second kappa shape index (κ2) is 8.50. The van der Waals surface area contributed by atoms with E-state index in [-0.39, 0.29) is 5.25 Å². The number of nitriles is 1. The molecule has 3 rings (SSSR count). The summed E-state index contributed by atoms with van der Waals surface area (Å²) in [7, 11) is 0. The molecule has 2 aromatic carbocycles. The smallest absolute Gasteiger partial charge is 0.193 e. The summed E-state index contributed by atoms with van der Waals surface area (Å²) in [6, 6.07) is 20.6. The highest BCUT2D eigenvalue weighted by Crippen LogP contribution is 2.28. The summed E-state index contributed by atoms with van der Waals surface area (Å²) in [5.41, 5.74) is 3.36. The van der Waals surface area contributed by atoms with Crippen LogP contribution < -0.4 is 0 Å². The van der Waals surface area contributed by atoms with Gasteiger partial charge in [-0.25, -0.2) is 0 Å². The zero-order chi connectivity index (χ0) is 18.4. The number of benzene rings is 2. The van der Waals surface area contributed by atoms with E-state index in [9.17, 15) is 5.26 Å². The van der Waals surface area contributed by atoms with E-state index in [0.29, 0.717) is 13.0 Å². The van der Waals surface area contributed by atoms with Crippen molar-refractivity contribution in [3.05, 3.63) is 78.4 Å². The lowest BCUT2D eigenvalue weighted by atomic mass is 10.1. The van der Waals surface area contributed by atoms with Gasteiger partial charge in [-0.2, -0.15) is 5.26 Å². The second-order valence-electron chi connectivity index (χ2n) is 6.00. The predicted molar refractivity (Wildman–Crippen MR) is 106 cm³/mol. The zero-order valence-corrected chi connectivity index (χ0v) is 15.5. The van der Waals surface area contributed by atoms with Crippen LogP contribution in [0.15, 0.2) is 72.4 Å². The Balaban J connectivity index is 1.84. The second-order valence-corrected chi connectivity index (χ2v) is 7.17. The number of hydrogen-bond acceptors (Lipinski definition) is 4. The minimum atomic E-state index is -0.228. The molecular weight excluding hydrogens is 340 g/mol. The Morgan fingerprint density at radius 1 is 1.15 bits per heavy atom. The fourth-order valence-electron chi connectivity index (χ4n) is 2.65. The fourth-order valence-corrected chi connectivity index (χ4v) is 3.61. The van der Waals surface area contributed by atoms with Crippen LogP contribution in [0.3, 0.4) is 0 Å². The van der Waals surface area contributed by atoms with E-state index in [2.05, 4.69) is 54.0 Å². The number of hydrogen-bond donors (Lipinski definition) is 0. The van der Waals surface area contributed by atoms with E-state index in [0.717, 1.165) is 22.1 Å². The maximum Gasteiger partial charge on any atom is 0.193 e. The van der Waals surface area contributed by atoms with E-state index in [1.807, 2.05) is 41.0 Å². The molecular formula is C21H20N4S. The van der Waals surface area contributed by atoms with Gasteiger partial charge in [0.2, 0.25) is 0 Å². The Kier molecular flexibility index (Phi) is 5.88. The Morgan fingerprint density at radius 2 is 1.88 bits per heavy atom. The Labute approximate surface area is 158 Å². The maximum absolute atomic E-state index is 9.60. The van der Waals surface area contributed by atoms with Gasteiger partial charge in [0.1, 0.15) is 5.25 Å². The van der Waals surface area contributed by atoms with E-state index < -0.39 is 0 Å². The van der Waals surface area contributed by atoms with Crippen molar-refractivity contribution in [3.8, 4) is 17.5 Å². The van der Waals surface area contributed by atoms with Gasteiger partial charge in [-0.3, -0.25) is 4.57 Å². The van der Waals surface area contributed by atoms with Gasteiger partial charge in [-0.15, -0.1) is 16.8 Å². The number of thioether (sulfide) groups is 1. The summed E-state index contributed by atoms with van der Waals surface area (Å²) in [5, 5.41) is 18.8. The molecule has 1 aromatic heterocycles. The zero-order valence-electron chi connectivity index (χ0n) is 14.7. The topological polar surface area (TPSA) is 54.5 Å². The quantitative estimate of drug-likeness (QED) is 0.454. The van der Waals surface area contributed by atoms with Gasteiger partial charge in [0.25, 0.3) is 0 Å². The summed E-state index contributed by atoms with van der Waals surface area (Å²) < 4.78 is 2.01. The number of aromatic nitrogens is 3. The van der Waals surface area contributed by atoms with E-state index in [4.69, 9.17) is 0 Å². The number of rotatable bonds is 7. The molecule has 0 bridgehead atoms. The van der Waals surface area contributed by atoms with Gasteiger partial charge in [-0.05, 0) is 18.9 Å². The molecule has 0 saturated heterocycles. The highest BCUT2D eigenvalue weighted by atomic mass is 32.2. The molecule has 26 heavy (non-hydrogen) atoms. The minimum Gasteiger partial charge on any atom is -0.298 e. The molecule has 1 heterocycles. The summed E-state index contributed by atoms with van der Waals surface area (Å²) in [4.78, 5) is 0. The highest BCUT2D eigenvalue weighted by Gasteiger charge is 2.18. The molecule has 0 saturated carbocycles. The van der Waals surface area contributed by atoms with E-state index in [1.54, 1.807) is 0 Å². The van der Waals surface area contributed by atoms with Crippen LogP contribution in [0.25, 0.3) is 11.4 Å². The molecule has 0 unspecified atom stereocenters. The van der Waals surface area contributed by atoms with Gasteiger partial charge >= 0.3 is 0 Å². The van der Waals surface area contributed by atoms with Crippen LogP contribution in [0, 0.1) is 18.3 Å². The average molecular weight is 360 g/mol. The third kappa shape index (κ3) is 4.22. The SMILES string of the molecule is C=CCn1c(S[C@H](C#N)Cc2ccc(C)cc2)nnc1-c1ccccc1.